The second kappa shape index (κ2) is 5.02. The summed E-state index contributed by atoms with van der Waals surface area (Å²) >= 11 is 6.12. The van der Waals surface area contributed by atoms with E-state index >= 15 is 0 Å². The fraction of sp³-hybridized carbons (Fsp3) is 0.118. The molecule has 2 aromatic carbocycles. The number of hydrogen-bond donors (Lipinski definition) is 0. The molecule has 0 amide bonds. The Morgan fingerprint density at radius 2 is 1.79 bits per heavy atom. The number of fused-ring (bicyclic) bond motifs is 1. The van der Waals surface area contributed by atoms with Gasteiger partial charge >= 0.3 is 0 Å². The van der Waals surface area contributed by atoms with E-state index < -0.39 is 0 Å². The van der Waals surface area contributed by atoms with Crippen LogP contribution in [0.3, 0.4) is 0 Å². The van der Waals surface area contributed by atoms with E-state index in [2.05, 4.69) is 42.2 Å². The molecule has 0 atom stereocenters. The molecule has 0 aliphatic carbocycles. The predicted molar refractivity (Wildman–Crippen MR) is 81.6 cm³/mol. The van der Waals surface area contributed by atoms with Gasteiger partial charge in [-0.3, -0.25) is 4.98 Å². The third kappa shape index (κ3) is 2.34. The number of aromatic nitrogens is 1. The maximum absolute atomic E-state index is 6.12. The van der Waals surface area contributed by atoms with Gasteiger partial charge in [-0.1, -0.05) is 48.9 Å². The highest BCUT2D eigenvalue weighted by atomic mass is 35.5. The van der Waals surface area contributed by atoms with Crippen molar-refractivity contribution in [2.45, 2.75) is 13.3 Å². The summed E-state index contributed by atoms with van der Waals surface area (Å²) in [7, 11) is 0. The SMILES string of the molecule is CCc1cc(-c2ccccc2)c2cc(Cl)ccc2n1. The van der Waals surface area contributed by atoms with E-state index in [4.69, 9.17) is 11.6 Å². The summed E-state index contributed by atoms with van der Waals surface area (Å²) < 4.78 is 0. The quantitative estimate of drug-likeness (QED) is 0.628. The van der Waals surface area contributed by atoms with Gasteiger partial charge in [0, 0.05) is 16.1 Å². The number of aryl methyl sites for hydroxylation is 1. The Hall–Kier alpha value is -1.86. The number of nitrogens with zero attached hydrogens (tertiary/aromatic N) is 1. The Morgan fingerprint density at radius 3 is 2.53 bits per heavy atom. The molecule has 3 rings (SSSR count). The minimum Gasteiger partial charge on any atom is -0.253 e. The van der Waals surface area contributed by atoms with Gasteiger partial charge in [-0.25, -0.2) is 0 Å². The lowest BCUT2D eigenvalue weighted by Crippen LogP contribution is -1.91. The third-order valence-electron chi connectivity index (χ3n) is 3.27. The summed E-state index contributed by atoms with van der Waals surface area (Å²) in [5.74, 6) is 0. The van der Waals surface area contributed by atoms with Crippen LogP contribution in [0.2, 0.25) is 5.02 Å². The first kappa shape index (κ1) is 12.2. The first-order chi connectivity index (χ1) is 9.28. The van der Waals surface area contributed by atoms with Gasteiger partial charge in [0.15, 0.2) is 0 Å². The normalized spacial score (nSPS) is 10.8. The van der Waals surface area contributed by atoms with Crippen LogP contribution in [0.1, 0.15) is 12.6 Å². The first-order valence-corrected chi connectivity index (χ1v) is 6.80. The summed E-state index contributed by atoms with van der Waals surface area (Å²) in [4.78, 5) is 4.66. The molecule has 0 unspecified atom stereocenters. The Labute approximate surface area is 117 Å². The van der Waals surface area contributed by atoms with Crippen LogP contribution >= 0.6 is 11.6 Å². The minimum atomic E-state index is 0.746. The lowest BCUT2D eigenvalue weighted by molar-refractivity contribution is 1.06. The van der Waals surface area contributed by atoms with Crippen LogP contribution in [0.25, 0.3) is 22.0 Å². The lowest BCUT2D eigenvalue weighted by Gasteiger charge is -2.09. The van der Waals surface area contributed by atoms with Crippen molar-refractivity contribution in [1.29, 1.82) is 0 Å². The largest absolute Gasteiger partial charge is 0.253 e. The maximum Gasteiger partial charge on any atom is 0.0712 e. The van der Waals surface area contributed by atoms with E-state index in [0.29, 0.717) is 0 Å². The van der Waals surface area contributed by atoms with E-state index in [9.17, 15) is 0 Å². The number of hydrogen-bond acceptors (Lipinski definition) is 1. The van der Waals surface area contributed by atoms with E-state index in [-0.39, 0.29) is 0 Å². The van der Waals surface area contributed by atoms with Crippen molar-refractivity contribution in [3.8, 4) is 11.1 Å². The van der Waals surface area contributed by atoms with Crippen molar-refractivity contribution >= 4 is 22.5 Å². The molecule has 2 heteroatoms. The number of rotatable bonds is 2. The number of benzene rings is 2. The van der Waals surface area contributed by atoms with Gasteiger partial charge < -0.3 is 0 Å². The van der Waals surface area contributed by atoms with Crippen LogP contribution in [0.15, 0.2) is 54.6 Å². The van der Waals surface area contributed by atoms with Crippen molar-refractivity contribution in [2.24, 2.45) is 0 Å². The van der Waals surface area contributed by atoms with Gasteiger partial charge in [-0.15, -0.1) is 0 Å². The molecule has 0 saturated heterocycles. The zero-order valence-electron chi connectivity index (χ0n) is 10.7. The summed E-state index contributed by atoms with van der Waals surface area (Å²) in [6.07, 6.45) is 0.929. The van der Waals surface area contributed by atoms with Crippen LogP contribution in [0.4, 0.5) is 0 Å². The van der Waals surface area contributed by atoms with Gasteiger partial charge in [0.25, 0.3) is 0 Å². The molecule has 1 aromatic heterocycles. The van der Waals surface area contributed by atoms with E-state index in [1.807, 2.05) is 24.3 Å². The van der Waals surface area contributed by atoms with Gasteiger partial charge in [0.1, 0.15) is 0 Å². The van der Waals surface area contributed by atoms with E-state index in [1.54, 1.807) is 0 Å². The second-order valence-electron chi connectivity index (χ2n) is 4.54. The number of halogens is 1. The Balaban J connectivity index is 2.35. The molecule has 0 aliphatic rings. The molecule has 0 N–H and O–H groups in total. The predicted octanol–water partition coefficient (Wildman–Crippen LogP) is 5.12. The molecular weight excluding hydrogens is 254 g/mol. The van der Waals surface area contributed by atoms with Gasteiger partial charge in [-0.05, 0) is 41.8 Å². The van der Waals surface area contributed by atoms with E-state index in [0.717, 1.165) is 28.0 Å². The Morgan fingerprint density at radius 1 is 1.00 bits per heavy atom. The highest BCUT2D eigenvalue weighted by Crippen LogP contribution is 2.30. The van der Waals surface area contributed by atoms with Crippen molar-refractivity contribution < 1.29 is 0 Å². The van der Waals surface area contributed by atoms with Crippen molar-refractivity contribution in [3.63, 3.8) is 0 Å². The Kier molecular flexibility index (Phi) is 3.22. The average Bonchev–Trinajstić information content (AvgIpc) is 2.47. The first-order valence-electron chi connectivity index (χ1n) is 6.42. The topological polar surface area (TPSA) is 12.9 Å². The van der Waals surface area contributed by atoms with Gasteiger partial charge in [-0.2, -0.15) is 0 Å². The van der Waals surface area contributed by atoms with Crippen LogP contribution in [-0.4, -0.2) is 4.98 Å². The molecule has 3 aromatic rings. The third-order valence-corrected chi connectivity index (χ3v) is 3.51. The molecule has 0 aliphatic heterocycles. The molecule has 1 heterocycles. The van der Waals surface area contributed by atoms with Crippen LogP contribution in [0.5, 0.6) is 0 Å². The molecule has 0 spiro atoms. The fourth-order valence-electron chi connectivity index (χ4n) is 2.29. The molecule has 0 radical (unpaired) electrons. The van der Waals surface area contributed by atoms with E-state index in [1.165, 1.54) is 11.1 Å². The molecule has 94 valence electrons. The minimum absolute atomic E-state index is 0.746. The smallest absolute Gasteiger partial charge is 0.0712 e. The lowest BCUT2D eigenvalue weighted by atomic mass is 10.00. The van der Waals surface area contributed by atoms with Crippen LogP contribution in [-0.2, 0) is 6.42 Å². The van der Waals surface area contributed by atoms with Crippen LogP contribution < -0.4 is 0 Å². The van der Waals surface area contributed by atoms with Crippen molar-refractivity contribution in [2.75, 3.05) is 0 Å². The van der Waals surface area contributed by atoms with Gasteiger partial charge in [0.05, 0.1) is 5.52 Å². The fourth-order valence-corrected chi connectivity index (χ4v) is 2.46. The van der Waals surface area contributed by atoms with Gasteiger partial charge in [0.2, 0.25) is 0 Å². The highest BCUT2D eigenvalue weighted by molar-refractivity contribution is 6.31. The summed E-state index contributed by atoms with van der Waals surface area (Å²) in [6, 6.07) is 18.4. The molecule has 0 bridgehead atoms. The molecule has 19 heavy (non-hydrogen) atoms. The molecule has 1 nitrogen and oxygen atoms in total. The summed E-state index contributed by atoms with van der Waals surface area (Å²) in [5.41, 5.74) is 4.51. The van der Waals surface area contributed by atoms with Crippen molar-refractivity contribution in [3.05, 3.63) is 65.3 Å². The van der Waals surface area contributed by atoms with Crippen LogP contribution in [0, 0.1) is 0 Å². The molecule has 0 saturated carbocycles. The Bertz CT molecular complexity index is 720. The zero-order valence-corrected chi connectivity index (χ0v) is 11.5. The van der Waals surface area contributed by atoms with Crippen molar-refractivity contribution in [1.82, 2.24) is 4.98 Å². The average molecular weight is 268 g/mol. The second-order valence-corrected chi connectivity index (χ2v) is 4.98. The maximum atomic E-state index is 6.12. The zero-order chi connectivity index (χ0) is 13.2. The monoisotopic (exact) mass is 267 g/mol. The standard InChI is InChI=1S/C17H14ClN/c1-2-14-11-15(12-6-4-3-5-7-12)16-10-13(18)8-9-17(16)19-14/h3-11H,2H2,1H3. The summed E-state index contributed by atoms with van der Waals surface area (Å²) in [5, 5.41) is 1.85. The summed E-state index contributed by atoms with van der Waals surface area (Å²) in [6.45, 7) is 2.12. The highest BCUT2D eigenvalue weighted by Gasteiger charge is 2.07. The molecular formula is C17H14ClN. The number of pyridine rings is 1. The molecule has 0 fully saturated rings.